The Morgan fingerprint density at radius 3 is 1.14 bits per heavy atom. The van der Waals surface area contributed by atoms with Crippen molar-refractivity contribution in [3.63, 3.8) is 0 Å². The molecule has 0 aliphatic carbocycles. The van der Waals surface area contributed by atoms with Gasteiger partial charge in [-0.15, -0.1) is 0 Å². The largest absolute Gasteiger partial charge is 0.457 e. The van der Waals surface area contributed by atoms with Gasteiger partial charge in [0.2, 0.25) is 0 Å². The van der Waals surface area contributed by atoms with Crippen LogP contribution >= 0.6 is 0 Å². The minimum absolute atomic E-state index is 0.235. The lowest BCUT2D eigenvalue weighted by Crippen LogP contribution is -1.99. The van der Waals surface area contributed by atoms with Crippen molar-refractivity contribution in [2.75, 3.05) is 0 Å². The summed E-state index contributed by atoms with van der Waals surface area (Å²) in [6.45, 7) is 0. The molecule has 0 aliphatic rings. The van der Waals surface area contributed by atoms with Crippen molar-refractivity contribution < 1.29 is 14.6 Å². The number of aliphatic hydroxyl groups excluding tert-OH is 1. The summed E-state index contributed by atoms with van der Waals surface area (Å²) in [5, 5.41) is 47.2. The molecule has 4 aromatic rings. The Hall–Kier alpha value is -5.60. The third-order valence-corrected chi connectivity index (χ3v) is 5.33. The Morgan fingerprint density at radius 2 is 0.806 bits per heavy atom. The van der Waals surface area contributed by atoms with Crippen LogP contribution in [0, 0.1) is 45.3 Å². The van der Waals surface area contributed by atoms with E-state index in [0.29, 0.717) is 34.1 Å². The lowest BCUT2D eigenvalue weighted by atomic mass is 10.0. The second kappa shape index (κ2) is 10.6. The zero-order valence-corrected chi connectivity index (χ0v) is 18.7. The highest BCUT2D eigenvalue weighted by Gasteiger charge is 2.12. The van der Waals surface area contributed by atoms with Crippen molar-refractivity contribution in [3.8, 4) is 47.3 Å². The first-order valence-electron chi connectivity index (χ1n) is 10.7. The van der Waals surface area contributed by atoms with Crippen LogP contribution in [0.1, 0.15) is 39.5 Å². The van der Waals surface area contributed by atoms with E-state index in [-0.39, 0.29) is 22.3 Å². The summed E-state index contributed by atoms with van der Waals surface area (Å²) in [6, 6.07) is 30.9. The van der Waals surface area contributed by atoms with Crippen LogP contribution < -0.4 is 9.47 Å². The molecule has 0 saturated carbocycles. The van der Waals surface area contributed by atoms with E-state index in [1.54, 1.807) is 60.7 Å². The van der Waals surface area contributed by atoms with Gasteiger partial charge in [0, 0.05) is 0 Å². The second-order valence-electron chi connectivity index (χ2n) is 7.61. The van der Waals surface area contributed by atoms with Gasteiger partial charge in [-0.2, -0.15) is 21.0 Å². The van der Waals surface area contributed by atoms with E-state index in [9.17, 15) is 5.11 Å². The van der Waals surface area contributed by atoms with E-state index >= 15 is 0 Å². The van der Waals surface area contributed by atoms with Gasteiger partial charge in [0.05, 0.1) is 22.3 Å². The van der Waals surface area contributed by atoms with Gasteiger partial charge in [-0.3, -0.25) is 0 Å². The van der Waals surface area contributed by atoms with E-state index in [1.165, 1.54) is 24.3 Å². The summed E-state index contributed by atoms with van der Waals surface area (Å²) >= 11 is 0. The maximum absolute atomic E-state index is 10.8. The molecule has 4 rings (SSSR count). The van der Waals surface area contributed by atoms with Gasteiger partial charge in [0.1, 0.15) is 53.4 Å². The summed E-state index contributed by atoms with van der Waals surface area (Å²) in [5.41, 5.74) is 2.34. The summed E-state index contributed by atoms with van der Waals surface area (Å²) in [4.78, 5) is 0. The number of aliphatic hydroxyl groups is 1. The normalized spacial score (nSPS) is 9.94. The highest BCUT2D eigenvalue weighted by atomic mass is 16.5. The molecule has 0 atom stereocenters. The highest BCUT2D eigenvalue weighted by Crippen LogP contribution is 2.30. The first kappa shape index (κ1) is 23.6. The van der Waals surface area contributed by atoms with Gasteiger partial charge in [-0.25, -0.2) is 0 Å². The molecule has 36 heavy (non-hydrogen) atoms. The third kappa shape index (κ3) is 5.14. The molecule has 0 heterocycles. The van der Waals surface area contributed by atoms with Crippen LogP contribution in [-0.4, -0.2) is 5.11 Å². The van der Waals surface area contributed by atoms with Crippen LogP contribution in [0.2, 0.25) is 0 Å². The average molecular weight is 468 g/mol. The fourth-order valence-corrected chi connectivity index (χ4v) is 3.45. The van der Waals surface area contributed by atoms with E-state index in [1.807, 2.05) is 24.3 Å². The predicted molar refractivity (Wildman–Crippen MR) is 129 cm³/mol. The van der Waals surface area contributed by atoms with E-state index in [0.717, 1.165) is 0 Å². The Bertz CT molecular complexity index is 1460. The molecule has 1 N–H and O–H groups in total. The van der Waals surface area contributed by atoms with E-state index in [2.05, 4.69) is 0 Å². The molecule has 7 nitrogen and oxygen atoms in total. The molecule has 0 unspecified atom stereocenters. The number of benzene rings is 4. The van der Waals surface area contributed by atoms with Gasteiger partial charge in [-0.1, -0.05) is 24.3 Å². The molecule has 170 valence electrons. The average Bonchev–Trinajstić information content (AvgIpc) is 2.93. The van der Waals surface area contributed by atoms with Crippen LogP contribution in [0.15, 0.2) is 84.9 Å². The quantitative estimate of drug-likeness (QED) is 0.376. The smallest absolute Gasteiger partial charge is 0.128 e. The molecule has 0 aromatic heterocycles. The minimum Gasteiger partial charge on any atom is -0.457 e. The number of nitriles is 4. The summed E-state index contributed by atoms with van der Waals surface area (Å²) in [6.07, 6.45) is -0.881. The van der Waals surface area contributed by atoms with Crippen molar-refractivity contribution in [1.82, 2.24) is 0 Å². The van der Waals surface area contributed by atoms with Crippen LogP contribution in [-0.2, 0) is 0 Å². The van der Waals surface area contributed by atoms with Gasteiger partial charge in [0.15, 0.2) is 0 Å². The molecule has 4 aromatic carbocycles. The first-order valence-corrected chi connectivity index (χ1v) is 10.7. The van der Waals surface area contributed by atoms with Crippen LogP contribution in [0.3, 0.4) is 0 Å². The van der Waals surface area contributed by atoms with E-state index < -0.39 is 6.10 Å². The lowest BCUT2D eigenvalue weighted by molar-refractivity contribution is 0.220. The maximum atomic E-state index is 10.8. The molecule has 0 radical (unpaired) electrons. The van der Waals surface area contributed by atoms with Crippen molar-refractivity contribution in [1.29, 1.82) is 21.0 Å². The minimum atomic E-state index is -0.881. The molecular formula is C29H16N4O3. The summed E-state index contributed by atoms with van der Waals surface area (Å²) in [5.74, 6) is 1.89. The number of ether oxygens (including phenoxy) is 2. The zero-order chi connectivity index (χ0) is 25.5. The SMILES string of the molecule is N#Cc1ccc(Oc2ccc(C(O)c3ccc(Oc4ccc(C#N)c(C#N)c4)cc3)cc2)cc1C#N. The molecule has 0 saturated heterocycles. The van der Waals surface area contributed by atoms with Gasteiger partial charge >= 0.3 is 0 Å². The van der Waals surface area contributed by atoms with Gasteiger partial charge in [0.25, 0.3) is 0 Å². The Morgan fingerprint density at radius 1 is 0.472 bits per heavy atom. The molecule has 0 bridgehead atoms. The maximum Gasteiger partial charge on any atom is 0.128 e. The Kier molecular flexibility index (Phi) is 6.91. The lowest BCUT2D eigenvalue weighted by Gasteiger charge is -2.14. The number of nitrogens with zero attached hydrogens (tertiary/aromatic N) is 4. The number of hydrogen-bond acceptors (Lipinski definition) is 7. The van der Waals surface area contributed by atoms with Crippen LogP contribution in [0.5, 0.6) is 23.0 Å². The number of rotatable bonds is 6. The fourth-order valence-electron chi connectivity index (χ4n) is 3.45. The summed E-state index contributed by atoms with van der Waals surface area (Å²) in [7, 11) is 0. The highest BCUT2D eigenvalue weighted by molar-refractivity contribution is 5.51. The first-order chi connectivity index (χ1) is 17.5. The third-order valence-electron chi connectivity index (χ3n) is 5.33. The molecule has 0 aliphatic heterocycles. The Balaban J connectivity index is 1.43. The van der Waals surface area contributed by atoms with Gasteiger partial charge < -0.3 is 14.6 Å². The van der Waals surface area contributed by atoms with Crippen LogP contribution in [0.25, 0.3) is 0 Å². The standard InChI is InChI=1S/C29H16N4O3/c30-15-21-5-11-27(13-23(21)17-32)35-25-7-1-19(2-8-25)29(34)20-3-9-26(10-4-20)36-28-12-6-22(16-31)24(14-28)18-33/h1-14,29,34H. The topological polar surface area (TPSA) is 134 Å². The van der Waals surface area contributed by atoms with E-state index in [4.69, 9.17) is 30.5 Å². The predicted octanol–water partition coefficient (Wildman–Crippen LogP) is 5.84. The molecule has 0 fully saturated rings. The molecule has 0 spiro atoms. The monoisotopic (exact) mass is 468 g/mol. The molecule has 0 amide bonds. The van der Waals surface area contributed by atoms with Gasteiger partial charge in [-0.05, 0) is 71.8 Å². The second-order valence-corrected chi connectivity index (χ2v) is 7.61. The molecule has 7 heteroatoms. The van der Waals surface area contributed by atoms with Crippen LogP contribution in [0.4, 0.5) is 0 Å². The van der Waals surface area contributed by atoms with Crippen molar-refractivity contribution in [3.05, 3.63) is 118 Å². The van der Waals surface area contributed by atoms with Crippen molar-refractivity contribution in [2.45, 2.75) is 6.10 Å². The fraction of sp³-hybridized carbons (Fsp3) is 0.0345. The zero-order valence-electron chi connectivity index (χ0n) is 18.7. The van der Waals surface area contributed by atoms with Crippen molar-refractivity contribution >= 4 is 0 Å². The number of hydrogen-bond donors (Lipinski definition) is 1. The summed E-state index contributed by atoms with van der Waals surface area (Å²) < 4.78 is 11.5. The van der Waals surface area contributed by atoms with Crippen molar-refractivity contribution in [2.24, 2.45) is 0 Å². The Labute approximate surface area is 207 Å². The molecular weight excluding hydrogens is 452 g/mol.